The maximum absolute atomic E-state index is 11.3. The zero-order valence-electron chi connectivity index (χ0n) is 9.59. The number of nitrogens with one attached hydrogen (secondary N) is 1. The van der Waals surface area contributed by atoms with Crippen molar-refractivity contribution in [2.24, 2.45) is 5.73 Å². The molecule has 0 aliphatic rings. The molecule has 1 rings (SSSR count). The molecule has 1 aromatic heterocycles. The van der Waals surface area contributed by atoms with Crippen molar-refractivity contribution in [2.45, 2.75) is 19.3 Å². The van der Waals surface area contributed by atoms with E-state index < -0.39 is 0 Å². The normalized spacial score (nSPS) is 8.76. The SMILES string of the molecule is Cl.Cl.NCCCNC(=O)CCc1ccncc1. The molecule has 98 valence electrons. The lowest BCUT2D eigenvalue weighted by atomic mass is 10.1. The Bertz CT molecular complexity index is 296. The minimum Gasteiger partial charge on any atom is -0.356 e. The van der Waals surface area contributed by atoms with Crippen molar-refractivity contribution in [1.29, 1.82) is 0 Å². The van der Waals surface area contributed by atoms with E-state index in [4.69, 9.17) is 5.73 Å². The molecule has 6 heteroatoms. The van der Waals surface area contributed by atoms with Gasteiger partial charge in [0.25, 0.3) is 0 Å². The van der Waals surface area contributed by atoms with E-state index in [1.807, 2.05) is 12.1 Å². The first kappa shape index (κ1) is 18.5. The van der Waals surface area contributed by atoms with Crippen LogP contribution in [0.5, 0.6) is 0 Å². The number of carbonyl (C=O) groups excluding carboxylic acids is 1. The highest BCUT2D eigenvalue weighted by Crippen LogP contribution is 2.00. The zero-order valence-corrected chi connectivity index (χ0v) is 11.2. The molecular weight excluding hydrogens is 261 g/mol. The van der Waals surface area contributed by atoms with Gasteiger partial charge in [0, 0.05) is 25.4 Å². The first-order chi connectivity index (χ1) is 7.33. The van der Waals surface area contributed by atoms with Crippen LogP contribution < -0.4 is 11.1 Å². The van der Waals surface area contributed by atoms with Gasteiger partial charge in [-0.2, -0.15) is 0 Å². The molecule has 1 amide bonds. The second kappa shape index (κ2) is 11.6. The number of amides is 1. The second-order valence-corrected chi connectivity index (χ2v) is 3.35. The van der Waals surface area contributed by atoms with Gasteiger partial charge < -0.3 is 11.1 Å². The van der Waals surface area contributed by atoms with Crippen LogP contribution in [0.4, 0.5) is 0 Å². The molecule has 17 heavy (non-hydrogen) atoms. The number of hydrogen-bond acceptors (Lipinski definition) is 3. The minimum absolute atomic E-state index is 0. The molecule has 0 aliphatic carbocycles. The predicted molar refractivity (Wildman–Crippen MR) is 73.7 cm³/mol. The summed E-state index contributed by atoms with van der Waals surface area (Å²) in [5.74, 6) is 0.0836. The fraction of sp³-hybridized carbons (Fsp3) is 0.455. The molecule has 0 spiro atoms. The summed E-state index contributed by atoms with van der Waals surface area (Å²) in [5, 5.41) is 2.82. The molecule has 0 saturated heterocycles. The van der Waals surface area contributed by atoms with Crippen molar-refractivity contribution in [3.8, 4) is 0 Å². The summed E-state index contributed by atoms with van der Waals surface area (Å²) in [5.41, 5.74) is 6.46. The number of rotatable bonds is 6. The van der Waals surface area contributed by atoms with Crippen LogP contribution in [0.15, 0.2) is 24.5 Å². The Hall–Kier alpha value is -0.840. The van der Waals surface area contributed by atoms with Gasteiger partial charge in [0.2, 0.25) is 5.91 Å². The highest BCUT2D eigenvalue weighted by molar-refractivity contribution is 5.85. The van der Waals surface area contributed by atoms with Crippen LogP contribution >= 0.6 is 24.8 Å². The van der Waals surface area contributed by atoms with Crippen LogP contribution in [0.3, 0.4) is 0 Å². The summed E-state index contributed by atoms with van der Waals surface area (Å²) in [6.07, 6.45) is 5.59. The number of nitrogens with two attached hydrogens (primary N) is 1. The molecule has 0 saturated carbocycles. The molecule has 4 nitrogen and oxygen atoms in total. The van der Waals surface area contributed by atoms with E-state index in [0.29, 0.717) is 19.5 Å². The van der Waals surface area contributed by atoms with E-state index in [2.05, 4.69) is 10.3 Å². The first-order valence-electron chi connectivity index (χ1n) is 5.18. The molecule has 0 aliphatic heterocycles. The van der Waals surface area contributed by atoms with Crippen LogP contribution in [0.2, 0.25) is 0 Å². The summed E-state index contributed by atoms with van der Waals surface area (Å²) in [6, 6.07) is 3.85. The second-order valence-electron chi connectivity index (χ2n) is 3.35. The lowest BCUT2D eigenvalue weighted by Crippen LogP contribution is -2.26. The van der Waals surface area contributed by atoms with Crippen LogP contribution in [0, 0.1) is 0 Å². The van der Waals surface area contributed by atoms with E-state index >= 15 is 0 Å². The molecule has 1 aromatic rings. The van der Waals surface area contributed by atoms with Gasteiger partial charge in [-0.1, -0.05) is 0 Å². The third-order valence-electron chi connectivity index (χ3n) is 2.09. The highest BCUT2D eigenvalue weighted by atomic mass is 35.5. The van der Waals surface area contributed by atoms with Crippen molar-refractivity contribution in [1.82, 2.24) is 10.3 Å². The monoisotopic (exact) mass is 279 g/mol. The maximum atomic E-state index is 11.3. The molecule has 0 radical (unpaired) electrons. The molecule has 0 bridgehead atoms. The van der Waals surface area contributed by atoms with Crippen molar-refractivity contribution >= 4 is 30.7 Å². The Morgan fingerprint density at radius 3 is 2.53 bits per heavy atom. The number of pyridine rings is 1. The molecular formula is C11H19Cl2N3O. The molecule has 3 N–H and O–H groups in total. The Kier molecular flexibility index (Phi) is 12.7. The fourth-order valence-corrected chi connectivity index (χ4v) is 1.23. The molecule has 0 unspecified atom stereocenters. The predicted octanol–water partition coefficient (Wildman–Crippen LogP) is 1.32. The van der Waals surface area contributed by atoms with Gasteiger partial charge in [-0.3, -0.25) is 9.78 Å². The van der Waals surface area contributed by atoms with Crippen LogP contribution in [-0.2, 0) is 11.2 Å². The van der Waals surface area contributed by atoms with E-state index in [1.54, 1.807) is 12.4 Å². The number of carbonyl (C=O) groups is 1. The number of aromatic nitrogens is 1. The topological polar surface area (TPSA) is 68.0 Å². The lowest BCUT2D eigenvalue weighted by Gasteiger charge is -2.03. The van der Waals surface area contributed by atoms with E-state index in [0.717, 1.165) is 18.4 Å². The fourth-order valence-electron chi connectivity index (χ4n) is 1.23. The molecule has 0 aromatic carbocycles. The third-order valence-corrected chi connectivity index (χ3v) is 2.09. The summed E-state index contributed by atoms with van der Waals surface area (Å²) >= 11 is 0. The molecule has 0 atom stereocenters. The van der Waals surface area contributed by atoms with Crippen molar-refractivity contribution in [3.63, 3.8) is 0 Å². The van der Waals surface area contributed by atoms with Gasteiger partial charge in [0.05, 0.1) is 0 Å². The first-order valence-corrected chi connectivity index (χ1v) is 5.18. The maximum Gasteiger partial charge on any atom is 0.220 e. The van der Waals surface area contributed by atoms with Crippen LogP contribution in [-0.4, -0.2) is 24.0 Å². The average Bonchev–Trinajstić information content (AvgIpc) is 2.28. The summed E-state index contributed by atoms with van der Waals surface area (Å²) in [6.45, 7) is 1.29. The quantitative estimate of drug-likeness (QED) is 0.772. The van der Waals surface area contributed by atoms with Crippen molar-refractivity contribution in [3.05, 3.63) is 30.1 Å². The standard InChI is InChI=1S/C11H17N3O.2ClH/c12-6-1-7-14-11(15)3-2-10-4-8-13-9-5-10;;/h4-5,8-9H,1-3,6-7,12H2,(H,14,15);2*1H. The highest BCUT2D eigenvalue weighted by Gasteiger charge is 2.00. The van der Waals surface area contributed by atoms with Gasteiger partial charge in [-0.05, 0) is 37.1 Å². The minimum atomic E-state index is 0. The largest absolute Gasteiger partial charge is 0.356 e. The number of nitrogens with zero attached hydrogens (tertiary/aromatic N) is 1. The summed E-state index contributed by atoms with van der Waals surface area (Å²) in [7, 11) is 0. The van der Waals surface area contributed by atoms with Gasteiger partial charge in [0.1, 0.15) is 0 Å². The van der Waals surface area contributed by atoms with Crippen LogP contribution in [0.25, 0.3) is 0 Å². The van der Waals surface area contributed by atoms with E-state index in [-0.39, 0.29) is 30.7 Å². The Morgan fingerprint density at radius 1 is 1.29 bits per heavy atom. The molecule has 0 fully saturated rings. The van der Waals surface area contributed by atoms with Gasteiger partial charge in [-0.25, -0.2) is 0 Å². The smallest absolute Gasteiger partial charge is 0.220 e. The Balaban J connectivity index is 0. The summed E-state index contributed by atoms with van der Waals surface area (Å²) in [4.78, 5) is 15.2. The Morgan fingerprint density at radius 2 is 1.94 bits per heavy atom. The van der Waals surface area contributed by atoms with Crippen molar-refractivity contribution < 1.29 is 4.79 Å². The Labute approximate surface area is 114 Å². The number of aryl methyl sites for hydroxylation is 1. The average molecular weight is 280 g/mol. The summed E-state index contributed by atoms with van der Waals surface area (Å²) < 4.78 is 0. The number of halogens is 2. The van der Waals surface area contributed by atoms with Gasteiger partial charge >= 0.3 is 0 Å². The van der Waals surface area contributed by atoms with Gasteiger partial charge in [-0.15, -0.1) is 24.8 Å². The molecule has 1 heterocycles. The number of hydrogen-bond donors (Lipinski definition) is 2. The van der Waals surface area contributed by atoms with Crippen LogP contribution in [0.1, 0.15) is 18.4 Å². The van der Waals surface area contributed by atoms with Gasteiger partial charge in [0.15, 0.2) is 0 Å². The zero-order chi connectivity index (χ0) is 10.9. The van der Waals surface area contributed by atoms with Crippen molar-refractivity contribution in [2.75, 3.05) is 13.1 Å². The third kappa shape index (κ3) is 8.92. The van der Waals surface area contributed by atoms with E-state index in [1.165, 1.54) is 0 Å². The lowest BCUT2D eigenvalue weighted by molar-refractivity contribution is -0.121. The van der Waals surface area contributed by atoms with E-state index in [9.17, 15) is 4.79 Å².